The van der Waals surface area contributed by atoms with Crippen molar-refractivity contribution < 1.29 is 18.8 Å². The molecule has 0 aliphatic rings. The molecule has 0 amide bonds. The van der Waals surface area contributed by atoms with E-state index in [2.05, 4.69) is 26.6 Å². The van der Waals surface area contributed by atoms with Crippen molar-refractivity contribution in [1.29, 1.82) is 5.26 Å². The predicted octanol–water partition coefficient (Wildman–Crippen LogP) is 3.88. The first-order valence-electron chi connectivity index (χ1n) is 11.1. The Balaban J connectivity index is 1.66. The Morgan fingerprint density at radius 1 is 1.23 bits per heavy atom. The smallest absolute Gasteiger partial charge is 0.354 e. The maximum atomic E-state index is 13.7. The Morgan fingerprint density at radius 3 is 2.72 bits per heavy atom. The summed E-state index contributed by atoms with van der Waals surface area (Å²) in [6.07, 6.45) is 2.88. The monoisotopic (exact) mass is 581 g/mol. The molecule has 39 heavy (non-hydrogen) atoms. The first-order valence-corrected chi connectivity index (χ1v) is 13.1. The fraction of sp³-hybridized carbons (Fsp3) is 0.125. The van der Waals surface area contributed by atoms with Crippen LogP contribution in [0.2, 0.25) is 4.34 Å². The average Bonchev–Trinajstić information content (AvgIpc) is 3.75. The molecule has 0 saturated heterocycles. The van der Waals surface area contributed by atoms with Crippen LogP contribution in [0.3, 0.4) is 0 Å². The van der Waals surface area contributed by atoms with Crippen molar-refractivity contribution in [3.05, 3.63) is 89.7 Å². The van der Waals surface area contributed by atoms with Gasteiger partial charge in [-0.1, -0.05) is 16.8 Å². The maximum Gasteiger partial charge on any atom is 0.354 e. The van der Waals surface area contributed by atoms with Gasteiger partial charge in [0, 0.05) is 22.0 Å². The average molecular weight is 582 g/mol. The number of carbonyl (C=O) groups is 2. The number of ether oxygens (including phenoxy) is 1. The number of hydrogen-bond acceptors (Lipinski definition) is 12. The molecule has 5 rings (SSSR count). The summed E-state index contributed by atoms with van der Waals surface area (Å²) in [4.78, 5) is 45.0. The highest BCUT2D eigenvalue weighted by atomic mass is 35.5. The quantitative estimate of drug-likeness (QED) is 0.266. The fourth-order valence-electron chi connectivity index (χ4n) is 3.75. The topological polar surface area (TPSA) is 158 Å². The van der Waals surface area contributed by atoms with Crippen molar-refractivity contribution in [2.45, 2.75) is 13.1 Å². The number of anilines is 1. The van der Waals surface area contributed by atoms with Crippen molar-refractivity contribution in [3.63, 3.8) is 0 Å². The zero-order valence-corrected chi connectivity index (χ0v) is 22.3. The lowest BCUT2D eigenvalue weighted by atomic mass is 10.1. The van der Waals surface area contributed by atoms with E-state index in [-0.39, 0.29) is 47.2 Å². The lowest BCUT2D eigenvalue weighted by Gasteiger charge is -2.12. The van der Waals surface area contributed by atoms with Crippen LogP contribution in [0.1, 0.15) is 36.4 Å². The molecule has 0 saturated carbocycles. The van der Waals surface area contributed by atoms with Crippen LogP contribution in [-0.2, 0) is 17.8 Å². The molecule has 12 nitrogen and oxygen atoms in total. The van der Waals surface area contributed by atoms with E-state index < -0.39 is 17.4 Å². The number of nitriles is 1. The largest absolute Gasteiger partial charge is 0.464 e. The van der Waals surface area contributed by atoms with E-state index in [1.807, 2.05) is 0 Å². The summed E-state index contributed by atoms with van der Waals surface area (Å²) in [6, 6.07) is 9.71. The number of nitrogens with zero attached hydrogens (tertiary/aromatic N) is 6. The number of thiazole rings is 1. The van der Waals surface area contributed by atoms with Gasteiger partial charge >= 0.3 is 11.9 Å². The van der Waals surface area contributed by atoms with Crippen LogP contribution in [-0.4, -0.2) is 43.5 Å². The van der Waals surface area contributed by atoms with Gasteiger partial charge in [0.15, 0.2) is 5.82 Å². The summed E-state index contributed by atoms with van der Waals surface area (Å²) in [6.45, 7) is 0.253. The van der Waals surface area contributed by atoms with Crippen molar-refractivity contribution in [1.82, 2.24) is 24.5 Å². The summed E-state index contributed by atoms with van der Waals surface area (Å²) in [5, 5.41) is 21.1. The van der Waals surface area contributed by atoms with E-state index in [1.165, 1.54) is 58.7 Å². The Bertz CT molecular complexity index is 1760. The summed E-state index contributed by atoms with van der Waals surface area (Å²) in [5.41, 5.74) is 0.870. The standard InChI is InChI=1S/C24H16ClN7O5S2/c1-36-24(35)17-4-3-15(22(33)31(17)11-14-9-27-12-38-14)20-16(8-26)21(28-10-13-2-5-19(25)39-13)32(30-20)23(34)18-6-7-29-37-18/h2-7,9,12,28H,10-11H2,1H3. The van der Waals surface area contributed by atoms with E-state index in [4.69, 9.17) is 20.9 Å². The third-order valence-corrected chi connectivity index (χ3v) is 7.51. The summed E-state index contributed by atoms with van der Waals surface area (Å²) in [7, 11) is 1.21. The molecule has 5 heterocycles. The maximum absolute atomic E-state index is 13.7. The highest BCUT2D eigenvalue weighted by Gasteiger charge is 2.28. The molecule has 0 aromatic carbocycles. The van der Waals surface area contributed by atoms with Crippen LogP contribution in [0.15, 0.2) is 57.6 Å². The number of esters is 1. The minimum atomic E-state index is -0.716. The summed E-state index contributed by atoms with van der Waals surface area (Å²) in [5.74, 6) is -1.51. The van der Waals surface area contributed by atoms with Gasteiger partial charge in [-0.3, -0.25) is 19.1 Å². The zero-order chi connectivity index (χ0) is 27.5. The van der Waals surface area contributed by atoms with E-state index >= 15 is 0 Å². The third-order valence-electron chi connectivity index (χ3n) is 5.52. The Kier molecular flexibility index (Phi) is 7.37. The van der Waals surface area contributed by atoms with Crippen molar-refractivity contribution in [2.24, 2.45) is 0 Å². The highest BCUT2D eigenvalue weighted by Crippen LogP contribution is 2.29. The molecule has 0 fully saturated rings. The molecular formula is C24H16ClN7O5S2. The SMILES string of the molecule is COC(=O)c1ccc(-c2nn(C(=O)c3ccno3)c(NCc3ccc(Cl)s3)c2C#N)c(=O)n1Cc1cncs1. The van der Waals surface area contributed by atoms with Gasteiger partial charge in [0.2, 0.25) is 5.76 Å². The minimum Gasteiger partial charge on any atom is -0.464 e. The number of thiophene rings is 1. The van der Waals surface area contributed by atoms with Gasteiger partial charge in [0.1, 0.15) is 23.0 Å². The predicted molar refractivity (Wildman–Crippen MR) is 142 cm³/mol. The van der Waals surface area contributed by atoms with E-state index in [0.717, 1.165) is 9.56 Å². The molecule has 0 atom stereocenters. The van der Waals surface area contributed by atoms with Gasteiger partial charge in [-0.05, 0) is 24.3 Å². The third kappa shape index (κ3) is 5.10. The molecule has 0 bridgehead atoms. The van der Waals surface area contributed by atoms with Gasteiger partial charge in [-0.15, -0.1) is 22.7 Å². The highest BCUT2D eigenvalue weighted by molar-refractivity contribution is 7.16. The second-order valence-corrected chi connectivity index (χ2v) is 10.6. The van der Waals surface area contributed by atoms with Gasteiger partial charge < -0.3 is 14.6 Å². The minimum absolute atomic E-state index is 0.00301. The van der Waals surface area contributed by atoms with Crippen LogP contribution in [0.25, 0.3) is 11.3 Å². The van der Waals surface area contributed by atoms with Crippen LogP contribution in [0.4, 0.5) is 5.82 Å². The van der Waals surface area contributed by atoms with Gasteiger partial charge in [0.05, 0.1) is 41.8 Å². The van der Waals surface area contributed by atoms with Crippen LogP contribution in [0, 0.1) is 11.3 Å². The fourth-order valence-corrected chi connectivity index (χ4v) is 5.35. The number of halogens is 1. The Morgan fingerprint density at radius 2 is 2.08 bits per heavy atom. The zero-order valence-electron chi connectivity index (χ0n) is 20.0. The molecule has 0 aliphatic heterocycles. The molecule has 1 N–H and O–H groups in total. The number of hydrogen-bond donors (Lipinski definition) is 1. The Hall–Kier alpha value is -4.58. The number of carbonyl (C=O) groups excluding carboxylic acids is 2. The lowest BCUT2D eigenvalue weighted by Crippen LogP contribution is -2.28. The van der Waals surface area contributed by atoms with E-state index in [0.29, 0.717) is 9.21 Å². The van der Waals surface area contributed by atoms with Crippen LogP contribution < -0.4 is 10.9 Å². The van der Waals surface area contributed by atoms with E-state index in [1.54, 1.807) is 23.8 Å². The number of pyridine rings is 1. The van der Waals surface area contributed by atoms with Crippen molar-refractivity contribution in [3.8, 4) is 17.3 Å². The molecule has 5 aromatic rings. The number of nitrogens with one attached hydrogen (secondary N) is 1. The summed E-state index contributed by atoms with van der Waals surface area (Å²) < 4.78 is 12.6. The van der Waals surface area contributed by atoms with Crippen LogP contribution in [0.5, 0.6) is 0 Å². The summed E-state index contributed by atoms with van der Waals surface area (Å²) >= 11 is 8.67. The number of methoxy groups -OCH3 is 1. The normalized spacial score (nSPS) is 10.8. The van der Waals surface area contributed by atoms with Gasteiger partial charge in [0.25, 0.3) is 5.56 Å². The molecule has 0 aliphatic carbocycles. The molecule has 15 heteroatoms. The van der Waals surface area contributed by atoms with Crippen molar-refractivity contribution >= 4 is 52.0 Å². The van der Waals surface area contributed by atoms with E-state index in [9.17, 15) is 19.6 Å². The lowest BCUT2D eigenvalue weighted by molar-refractivity contribution is 0.0587. The van der Waals surface area contributed by atoms with Crippen molar-refractivity contribution in [2.75, 3.05) is 12.4 Å². The molecular weight excluding hydrogens is 566 g/mol. The van der Waals surface area contributed by atoms with Gasteiger partial charge in [-0.25, -0.2) is 4.79 Å². The first kappa shape index (κ1) is 26.0. The molecule has 0 radical (unpaired) electrons. The second kappa shape index (κ2) is 11.0. The van der Waals surface area contributed by atoms with Crippen LogP contribution >= 0.6 is 34.3 Å². The first-order chi connectivity index (χ1) is 18.9. The molecule has 5 aromatic heterocycles. The molecule has 0 spiro atoms. The number of rotatable bonds is 8. The second-order valence-electron chi connectivity index (χ2n) is 7.82. The Labute approximate surface area is 232 Å². The number of aromatic nitrogens is 5. The molecule has 0 unspecified atom stereocenters. The van der Waals surface area contributed by atoms with Gasteiger partial charge in [-0.2, -0.15) is 15.0 Å². The molecule has 196 valence electrons.